The minimum Gasteiger partial charge on any atom is -0.367 e. The van der Waals surface area contributed by atoms with Crippen LogP contribution in [0.1, 0.15) is 5.56 Å². The number of H-pyrrole nitrogens is 1. The van der Waals surface area contributed by atoms with Crippen LogP contribution < -0.4 is 5.32 Å². The normalized spacial score (nSPS) is 10.1. The van der Waals surface area contributed by atoms with Crippen molar-refractivity contribution in [3.63, 3.8) is 0 Å². The number of benzene rings is 1. The van der Waals surface area contributed by atoms with Gasteiger partial charge in [-0.2, -0.15) is 0 Å². The smallest absolute Gasteiger partial charge is 0.131 e. The third-order valence-electron chi connectivity index (χ3n) is 2.11. The number of hydrogen-bond donors (Lipinski definition) is 2. The number of halogens is 1. The van der Waals surface area contributed by atoms with E-state index in [0.717, 1.165) is 5.82 Å². The molecule has 1 heterocycles. The zero-order chi connectivity index (χ0) is 11.4. The summed E-state index contributed by atoms with van der Waals surface area (Å²) >= 11 is 4.91. The second-order valence-electron chi connectivity index (χ2n) is 3.24. The van der Waals surface area contributed by atoms with Crippen molar-refractivity contribution in [3.05, 3.63) is 52.7 Å². The number of rotatable bonds is 3. The number of nitrogens with zero attached hydrogens (tertiary/aromatic N) is 1. The lowest BCUT2D eigenvalue weighted by atomic mass is 10.2. The summed E-state index contributed by atoms with van der Waals surface area (Å²) in [5.74, 6) is 0.505. The second kappa shape index (κ2) is 4.85. The highest BCUT2D eigenvalue weighted by molar-refractivity contribution is 7.71. The molecule has 2 N–H and O–H groups in total. The van der Waals surface area contributed by atoms with Gasteiger partial charge in [0.25, 0.3) is 0 Å². The first-order chi connectivity index (χ1) is 7.75. The van der Waals surface area contributed by atoms with Crippen molar-refractivity contribution < 1.29 is 4.39 Å². The molecule has 2 aromatic rings. The van der Waals surface area contributed by atoms with Gasteiger partial charge in [-0.15, -0.1) is 0 Å². The molecule has 0 unspecified atom stereocenters. The quantitative estimate of drug-likeness (QED) is 0.804. The number of nitrogens with one attached hydrogen (secondary N) is 2. The molecule has 0 aliphatic carbocycles. The molecule has 2 rings (SSSR count). The van der Waals surface area contributed by atoms with Crippen LogP contribution in [0.25, 0.3) is 0 Å². The molecule has 0 aliphatic heterocycles. The van der Waals surface area contributed by atoms with Gasteiger partial charge in [0.05, 0.1) is 6.33 Å². The molecule has 1 aromatic carbocycles. The van der Waals surface area contributed by atoms with Gasteiger partial charge >= 0.3 is 0 Å². The first-order valence-electron chi connectivity index (χ1n) is 4.78. The third-order valence-corrected chi connectivity index (χ3v) is 2.33. The first kappa shape index (κ1) is 10.8. The molecule has 16 heavy (non-hydrogen) atoms. The molecule has 0 saturated heterocycles. The van der Waals surface area contributed by atoms with Crippen molar-refractivity contribution in [1.29, 1.82) is 0 Å². The minimum atomic E-state index is -0.220. The van der Waals surface area contributed by atoms with Crippen LogP contribution in [0, 0.1) is 10.5 Å². The summed E-state index contributed by atoms with van der Waals surface area (Å²) < 4.78 is 13.8. The molecule has 0 atom stereocenters. The van der Waals surface area contributed by atoms with E-state index >= 15 is 0 Å². The lowest BCUT2D eigenvalue weighted by Gasteiger charge is -2.06. The average Bonchev–Trinajstić information content (AvgIpc) is 2.28. The Morgan fingerprint density at radius 1 is 1.38 bits per heavy atom. The zero-order valence-electron chi connectivity index (χ0n) is 8.40. The largest absolute Gasteiger partial charge is 0.367 e. The van der Waals surface area contributed by atoms with Crippen LogP contribution in [-0.2, 0) is 6.54 Å². The van der Waals surface area contributed by atoms with E-state index in [0.29, 0.717) is 16.7 Å². The number of anilines is 1. The Bertz CT molecular complexity index is 539. The van der Waals surface area contributed by atoms with E-state index in [4.69, 9.17) is 12.2 Å². The van der Waals surface area contributed by atoms with Crippen molar-refractivity contribution in [1.82, 2.24) is 9.97 Å². The molecule has 0 radical (unpaired) electrons. The van der Waals surface area contributed by atoms with E-state index in [-0.39, 0.29) is 5.82 Å². The molecule has 0 amide bonds. The Kier molecular flexibility index (Phi) is 3.26. The topological polar surface area (TPSA) is 40.7 Å². The Hall–Kier alpha value is -1.75. The van der Waals surface area contributed by atoms with Gasteiger partial charge in [0, 0.05) is 18.2 Å². The van der Waals surface area contributed by atoms with Crippen LogP contribution in [0.4, 0.5) is 10.2 Å². The van der Waals surface area contributed by atoms with E-state index < -0.39 is 0 Å². The van der Waals surface area contributed by atoms with Gasteiger partial charge in [-0.25, -0.2) is 9.37 Å². The van der Waals surface area contributed by atoms with E-state index in [1.165, 1.54) is 12.4 Å². The molecule has 82 valence electrons. The number of aromatic amines is 1. The van der Waals surface area contributed by atoms with Crippen molar-refractivity contribution in [2.45, 2.75) is 6.54 Å². The maximum Gasteiger partial charge on any atom is 0.131 e. The highest BCUT2D eigenvalue weighted by atomic mass is 32.1. The summed E-state index contributed by atoms with van der Waals surface area (Å²) in [6.45, 7) is 0.405. The van der Waals surface area contributed by atoms with Crippen molar-refractivity contribution in [2.24, 2.45) is 0 Å². The Balaban J connectivity index is 2.08. The second-order valence-corrected chi connectivity index (χ2v) is 3.66. The highest BCUT2D eigenvalue weighted by Crippen LogP contribution is 2.09. The maximum absolute atomic E-state index is 13.3. The van der Waals surface area contributed by atoms with Gasteiger partial charge in [-0.1, -0.05) is 30.4 Å². The molecule has 1 aromatic heterocycles. The number of hydrogen-bond acceptors (Lipinski definition) is 3. The summed E-state index contributed by atoms with van der Waals surface area (Å²) in [5, 5.41) is 3.04. The van der Waals surface area contributed by atoms with E-state index in [9.17, 15) is 4.39 Å². The lowest BCUT2D eigenvalue weighted by Crippen LogP contribution is -2.03. The van der Waals surface area contributed by atoms with Crippen LogP contribution in [-0.4, -0.2) is 9.97 Å². The summed E-state index contributed by atoms with van der Waals surface area (Å²) in [4.78, 5) is 6.75. The summed E-state index contributed by atoms with van der Waals surface area (Å²) in [6, 6.07) is 8.33. The molecule has 0 aliphatic rings. The molecule has 0 bridgehead atoms. The minimum absolute atomic E-state index is 0.220. The van der Waals surface area contributed by atoms with E-state index in [1.54, 1.807) is 24.3 Å². The van der Waals surface area contributed by atoms with Crippen molar-refractivity contribution in [3.8, 4) is 0 Å². The van der Waals surface area contributed by atoms with Gasteiger partial charge in [0.2, 0.25) is 0 Å². The van der Waals surface area contributed by atoms with Crippen LogP contribution in [0.3, 0.4) is 0 Å². The van der Waals surface area contributed by atoms with Crippen LogP contribution in [0.5, 0.6) is 0 Å². The van der Waals surface area contributed by atoms with Crippen LogP contribution >= 0.6 is 12.2 Å². The average molecular weight is 235 g/mol. The van der Waals surface area contributed by atoms with Gasteiger partial charge in [0.15, 0.2) is 0 Å². The third kappa shape index (κ3) is 2.64. The standard InChI is InChI=1S/C11H10FN3S/c12-9-4-2-1-3-8(9)6-13-10-5-11(16)15-7-14-10/h1-5,7H,6H2,(H2,13,14,15,16). The fraction of sp³-hybridized carbons (Fsp3) is 0.0909. The van der Waals surface area contributed by atoms with Gasteiger partial charge in [0.1, 0.15) is 16.3 Å². The summed E-state index contributed by atoms with van der Waals surface area (Å²) in [6.07, 6.45) is 1.51. The molecule has 0 fully saturated rings. The Morgan fingerprint density at radius 3 is 2.94 bits per heavy atom. The van der Waals surface area contributed by atoms with Gasteiger partial charge in [-0.05, 0) is 6.07 Å². The summed E-state index contributed by atoms with van der Waals surface area (Å²) in [5.41, 5.74) is 0.610. The highest BCUT2D eigenvalue weighted by Gasteiger charge is 1.99. The van der Waals surface area contributed by atoms with Crippen molar-refractivity contribution in [2.75, 3.05) is 5.32 Å². The van der Waals surface area contributed by atoms with E-state index in [2.05, 4.69) is 15.3 Å². The Labute approximate surface area is 97.4 Å². The predicted molar refractivity (Wildman–Crippen MR) is 63.1 cm³/mol. The molecular weight excluding hydrogens is 225 g/mol. The number of aromatic nitrogens is 2. The SMILES string of the molecule is Fc1ccccc1CNc1cc(=S)nc[nH]1. The summed E-state index contributed by atoms with van der Waals surface area (Å²) in [7, 11) is 0. The van der Waals surface area contributed by atoms with Gasteiger partial charge in [-0.3, -0.25) is 0 Å². The maximum atomic E-state index is 13.3. The zero-order valence-corrected chi connectivity index (χ0v) is 9.22. The molecular formula is C11H10FN3S. The van der Waals surface area contributed by atoms with Crippen LogP contribution in [0.2, 0.25) is 0 Å². The van der Waals surface area contributed by atoms with E-state index in [1.807, 2.05) is 0 Å². The van der Waals surface area contributed by atoms with Gasteiger partial charge < -0.3 is 10.3 Å². The molecule has 5 heteroatoms. The van der Waals surface area contributed by atoms with Crippen LogP contribution in [0.15, 0.2) is 36.7 Å². The predicted octanol–water partition coefficient (Wildman–Crippen LogP) is 2.89. The lowest BCUT2D eigenvalue weighted by molar-refractivity contribution is 0.613. The molecule has 0 saturated carbocycles. The molecule has 0 spiro atoms. The molecule has 3 nitrogen and oxygen atoms in total. The van der Waals surface area contributed by atoms with Crippen molar-refractivity contribution >= 4 is 18.0 Å². The first-order valence-corrected chi connectivity index (χ1v) is 5.18. The fourth-order valence-electron chi connectivity index (χ4n) is 1.30. The monoisotopic (exact) mass is 235 g/mol. The Morgan fingerprint density at radius 2 is 2.19 bits per heavy atom. The fourth-order valence-corrected chi connectivity index (χ4v) is 1.47.